The Morgan fingerprint density at radius 1 is 0.696 bits per heavy atom. The third-order valence-electron chi connectivity index (χ3n) is 8.34. The first-order valence-electron chi connectivity index (χ1n) is 15.5. The highest BCUT2D eigenvalue weighted by Gasteiger charge is 2.45. The van der Waals surface area contributed by atoms with Gasteiger partial charge in [-0.1, -0.05) is 67.6 Å². The molecule has 2 aliphatic heterocycles. The first kappa shape index (κ1) is 32.3. The van der Waals surface area contributed by atoms with E-state index in [2.05, 4.69) is 0 Å². The number of nitrogens with zero attached hydrogens (tertiary/aromatic N) is 2. The third kappa shape index (κ3) is 7.22. The molecular weight excluding hydrogens is 588 g/mol. The molecule has 2 fully saturated rings. The maximum atomic E-state index is 12.9. The molecule has 10 nitrogen and oxygen atoms in total. The summed E-state index contributed by atoms with van der Waals surface area (Å²) >= 11 is 0. The van der Waals surface area contributed by atoms with Crippen molar-refractivity contribution in [2.45, 2.75) is 70.7 Å². The van der Waals surface area contributed by atoms with Gasteiger partial charge in [-0.05, 0) is 55.7 Å². The van der Waals surface area contributed by atoms with Gasteiger partial charge in [-0.2, -0.15) is 0 Å². The topological polar surface area (TPSA) is 120 Å². The molecular formula is C36H38N2O8. The number of hydrogen-bond acceptors (Lipinski definition) is 8. The number of amides is 4. The highest BCUT2D eigenvalue weighted by molar-refractivity contribution is 5.95. The summed E-state index contributed by atoms with van der Waals surface area (Å²) in [5, 5.41) is 0. The van der Waals surface area contributed by atoms with Crippen LogP contribution in [-0.4, -0.2) is 45.9 Å². The number of hydrogen-bond donors (Lipinski definition) is 0. The van der Waals surface area contributed by atoms with Crippen LogP contribution in [0.2, 0.25) is 0 Å². The molecule has 0 aliphatic carbocycles. The van der Waals surface area contributed by atoms with Crippen LogP contribution in [0.15, 0.2) is 106 Å². The van der Waals surface area contributed by atoms with E-state index >= 15 is 0 Å². The van der Waals surface area contributed by atoms with Gasteiger partial charge in [0.25, 0.3) is 0 Å². The van der Waals surface area contributed by atoms with Crippen molar-refractivity contribution in [2.24, 2.45) is 5.92 Å². The highest BCUT2D eigenvalue weighted by Crippen LogP contribution is 2.34. The molecule has 4 aromatic rings. The smallest absolute Gasteiger partial charge is 0.417 e. The Labute approximate surface area is 267 Å². The van der Waals surface area contributed by atoms with Gasteiger partial charge in [0.2, 0.25) is 11.8 Å². The van der Waals surface area contributed by atoms with Gasteiger partial charge in [-0.25, -0.2) is 19.4 Å². The number of aryl methyl sites for hydroxylation is 1. The summed E-state index contributed by atoms with van der Waals surface area (Å²) in [5.74, 6) is 0.723. The Morgan fingerprint density at radius 3 is 1.70 bits per heavy atom. The van der Waals surface area contributed by atoms with Gasteiger partial charge in [0.1, 0.15) is 23.7 Å². The van der Waals surface area contributed by atoms with Crippen LogP contribution in [-0.2, 0) is 31.9 Å². The second-order valence-electron chi connectivity index (χ2n) is 11.4. The minimum absolute atomic E-state index is 0.204. The molecule has 0 saturated carbocycles. The normalized spacial score (nSPS) is 21.3. The lowest BCUT2D eigenvalue weighted by Crippen LogP contribution is -2.42. The van der Waals surface area contributed by atoms with Crippen LogP contribution in [0.4, 0.5) is 9.59 Å². The van der Waals surface area contributed by atoms with Gasteiger partial charge in [-0.15, -0.1) is 0 Å². The lowest BCUT2D eigenvalue weighted by atomic mass is 9.97. The third-order valence-corrected chi connectivity index (χ3v) is 8.34. The predicted octanol–water partition coefficient (Wildman–Crippen LogP) is 7.28. The van der Waals surface area contributed by atoms with Crippen LogP contribution in [0.3, 0.4) is 0 Å². The van der Waals surface area contributed by atoms with Gasteiger partial charge < -0.3 is 18.3 Å². The molecule has 2 aliphatic rings. The van der Waals surface area contributed by atoms with Crippen LogP contribution < -0.4 is 0 Å². The fourth-order valence-electron chi connectivity index (χ4n) is 5.81. The number of carbonyl (C=O) groups is 4. The van der Waals surface area contributed by atoms with Crippen molar-refractivity contribution in [1.82, 2.24) is 9.80 Å². The summed E-state index contributed by atoms with van der Waals surface area (Å²) in [6.45, 7) is 5.61. The average molecular weight is 627 g/mol. The number of carbonyl (C=O) groups excluding carboxylic acids is 4. The standard InChI is InChI=1S/C19H21NO4.C17H17NO4/c1-3-14(12-16-10-7-11-23-16)18(21)20-13(2)17(24-19(20)22)15-8-5-4-6-9-15;1-12-16(13-6-3-2-4-7-13)22-17(20)18(12)15(19)10-9-14-8-5-11-21-14/h4-11,13-14,17H,3,12H2,1-2H3;2-8,11-12,16H,9-10H2,1H3/t13-,14-,17-;12-,16-/m11/s1. The Kier molecular flexibility index (Phi) is 10.4. The van der Waals surface area contributed by atoms with Crippen LogP contribution in [0.5, 0.6) is 0 Å². The molecule has 4 amide bonds. The largest absolute Gasteiger partial charge is 0.469 e. The molecule has 6 rings (SSSR count). The SMILES string of the molecule is CC[C@H](Cc1ccco1)C(=O)N1C(=O)O[C@@H](c2ccccc2)[C@H]1C.C[C@@H]1[C@H](c2ccccc2)OC(=O)N1C(=O)CCc1ccco1. The fraction of sp³-hybridized carbons (Fsp3) is 0.333. The van der Waals surface area contributed by atoms with Crippen LogP contribution in [0.1, 0.15) is 68.5 Å². The maximum absolute atomic E-state index is 12.9. The molecule has 0 unspecified atom stereocenters. The number of furan rings is 2. The highest BCUT2D eigenvalue weighted by atomic mass is 16.6. The Hall–Kier alpha value is -5.12. The van der Waals surface area contributed by atoms with Gasteiger partial charge in [-0.3, -0.25) is 9.59 Å². The molecule has 0 spiro atoms. The van der Waals surface area contributed by atoms with E-state index in [9.17, 15) is 19.2 Å². The second kappa shape index (κ2) is 14.8. The molecule has 46 heavy (non-hydrogen) atoms. The molecule has 240 valence electrons. The molecule has 4 heterocycles. The summed E-state index contributed by atoms with van der Waals surface area (Å²) in [4.78, 5) is 52.0. The minimum Gasteiger partial charge on any atom is -0.469 e. The molecule has 10 heteroatoms. The van der Waals surface area contributed by atoms with Gasteiger partial charge >= 0.3 is 12.2 Å². The Bertz CT molecular complexity index is 1590. The van der Waals surface area contributed by atoms with Crippen molar-refractivity contribution in [1.29, 1.82) is 0 Å². The number of cyclic esters (lactones) is 2. The summed E-state index contributed by atoms with van der Waals surface area (Å²) in [7, 11) is 0. The molecule has 5 atom stereocenters. The van der Waals surface area contributed by atoms with E-state index in [4.69, 9.17) is 18.3 Å². The zero-order chi connectivity index (χ0) is 32.6. The van der Waals surface area contributed by atoms with Gasteiger partial charge in [0.05, 0.1) is 24.6 Å². The van der Waals surface area contributed by atoms with E-state index in [0.717, 1.165) is 22.6 Å². The zero-order valence-corrected chi connectivity index (χ0v) is 26.1. The fourth-order valence-corrected chi connectivity index (χ4v) is 5.81. The predicted molar refractivity (Wildman–Crippen MR) is 167 cm³/mol. The van der Waals surface area contributed by atoms with Crippen molar-refractivity contribution in [3.05, 3.63) is 120 Å². The van der Waals surface area contributed by atoms with Crippen molar-refractivity contribution in [3.63, 3.8) is 0 Å². The van der Waals surface area contributed by atoms with Crippen molar-refractivity contribution in [3.8, 4) is 0 Å². The van der Waals surface area contributed by atoms with E-state index in [1.54, 1.807) is 24.7 Å². The number of rotatable bonds is 9. The van der Waals surface area contributed by atoms with Crippen LogP contribution >= 0.6 is 0 Å². The molecule has 2 aromatic heterocycles. The Morgan fingerprint density at radius 2 is 1.20 bits per heavy atom. The lowest BCUT2D eigenvalue weighted by Gasteiger charge is -2.23. The molecule has 0 N–H and O–H groups in total. The summed E-state index contributed by atoms with van der Waals surface area (Å²) < 4.78 is 21.4. The van der Waals surface area contributed by atoms with E-state index in [0.29, 0.717) is 19.3 Å². The minimum atomic E-state index is -0.578. The number of ether oxygens (including phenoxy) is 2. The van der Waals surface area contributed by atoms with E-state index in [-0.39, 0.29) is 36.2 Å². The van der Waals surface area contributed by atoms with Gasteiger partial charge in [0.15, 0.2) is 0 Å². The van der Waals surface area contributed by atoms with Crippen molar-refractivity contribution < 1.29 is 37.5 Å². The second-order valence-corrected chi connectivity index (χ2v) is 11.4. The Balaban J connectivity index is 0.000000182. The van der Waals surface area contributed by atoms with E-state index in [1.165, 1.54) is 9.80 Å². The summed E-state index contributed by atoms with van der Waals surface area (Å²) in [5.41, 5.74) is 1.79. The van der Waals surface area contributed by atoms with E-state index in [1.807, 2.05) is 93.6 Å². The van der Waals surface area contributed by atoms with Crippen LogP contribution in [0.25, 0.3) is 0 Å². The first-order valence-corrected chi connectivity index (χ1v) is 15.5. The molecule has 2 aromatic carbocycles. The molecule has 0 radical (unpaired) electrons. The maximum Gasteiger partial charge on any atom is 0.417 e. The molecule has 0 bridgehead atoms. The first-order chi connectivity index (χ1) is 22.3. The average Bonchev–Trinajstić information content (AvgIpc) is 3.88. The van der Waals surface area contributed by atoms with Crippen molar-refractivity contribution >= 4 is 24.0 Å². The van der Waals surface area contributed by atoms with Crippen molar-refractivity contribution in [2.75, 3.05) is 0 Å². The lowest BCUT2D eigenvalue weighted by molar-refractivity contribution is -0.133. The van der Waals surface area contributed by atoms with E-state index < -0.39 is 24.4 Å². The summed E-state index contributed by atoms with van der Waals surface area (Å²) in [6.07, 6.45) is 2.96. The number of benzene rings is 2. The number of imide groups is 2. The zero-order valence-electron chi connectivity index (χ0n) is 26.1. The molecule has 2 saturated heterocycles. The quantitative estimate of drug-likeness (QED) is 0.190. The van der Waals surface area contributed by atoms with Crippen LogP contribution in [0, 0.1) is 5.92 Å². The summed E-state index contributed by atoms with van der Waals surface area (Å²) in [6, 6.07) is 25.5. The van der Waals surface area contributed by atoms with Gasteiger partial charge in [0, 0.05) is 25.2 Å². The monoisotopic (exact) mass is 626 g/mol.